The lowest BCUT2D eigenvalue weighted by Crippen LogP contribution is -2.36. The third kappa shape index (κ3) is 3.86. The summed E-state index contributed by atoms with van der Waals surface area (Å²) in [5.41, 5.74) is 6.08. The van der Waals surface area contributed by atoms with Crippen LogP contribution in [0, 0.1) is 0 Å². The summed E-state index contributed by atoms with van der Waals surface area (Å²) in [4.78, 5) is 14.2. The molecule has 0 aliphatic heterocycles. The summed E-state index contributed by atoms with van der Waals surface area (Å²) in [7, 11) is 3.12. The highest BCUT2D eigenvalue weighted by molar-refractivity contribution is 5.97. The van der Waals surface area contributed by atoms with E-state index in [0.717, 1.165) is 6.42 Å². The topological polar surface area (TPSA) is 64.8 Å². The third-order valence-corrected chi connectivity index (χ3v) is 2.82. The first-order valence-corrected chi connectivity index (χ1v) is 6.39. The van der Waals surface area contributed by atoms with Crippen LogP contribution in [0.25, 0.3) is 0 Å². The quantitative estimate of drug-likeness (QED) is 0.812. The van der Waals surface area contributed by atoms with E-state index in [2.05, 4.69) is 0 Å². The van der Waals surface area contributed by atoms with E-state index in [1.165, 1.54) is 0 Å². The Bertz CT molecular complexity index is 415. The molecule has 0 saturated heterocycles. The normalized spacial score (nSPS) is 10.1. The molecule has 1 rings (SSSR count). The SMILES string of the molecule is CCCN(CCN)C(=O)c1ccc(OC)cc1OC. The van der Waals surface area contributed by atoms with E-state index >= 15 is 0 Å². The zero-order valence-corrected chi connectivity index (χ0v) is 11.8. The molecule has 0 fully saturated rings. The van der Waals surface area contributed by atoms with Gasteiger partial charge in [-0.25, -0.2) is 0 Å². The molecule has 0 aromatic heterocycles. The number of rotatable bonds is 7. The van der Waals surface area contributed by atoms with E-state index in [4.69, 9.17) is 15.2 Å². The fourth-order valence-electron chi connectivity index (χ4n) is 1.89. The second-order valence-electron chi connectivity index (χ2n) is 4.15. The van der Waals surface area contributed by atoms with Gasteiger partial charge in [-0.15, -0.1) is 0 Å². The van der Waals surface area contributed by atoms with Crippen molar-refractivity contribution in [2.45, 2.75) is 13.3 Å². The fraction of sp³-hybridized carbons (Fsp3) is 0.500. The average molecular weight is 266 g/mol. The number of nitrogens with two attached hydrogens (primary N) is 1. The summed E-state index contributed by atoms with van der Waals surface area (Å²) in [5.74, 6) is 1.11. The van der Waals surface area contributed by atoms with Gasteiger partial charge in [0.15, 0.2) is 0 Å². The van der Waals surface area contributed by atoms with Gasteiger partial charge in [0.25, 0.3) is 5.91 Å². The van der Waals surface area contributed by atoms with Crippen molar-refractivity contribution < 1.29 is 14.3 Å². The van der Waals surface area contributed by atoms with E-state index < -0.39 is 0 Å². The molecular formula is C14H22N2O3. The Labute approximate surface area is 114 Å². The van der Waals surface area contributed by atoms with E-state index in [9.17, 15) is 4.79 Å². The van der Waals surface area contributed by atoms with Crippen LogP contribution in [0.3, 0.4) is 0 Å². The minimum absolute atomic E-state index is 0.0631. The summed E-state index contributed by atoms with van der Waals surface area (Å²) in [6, 6.07) is 5.18. The maximum absolute atomic E-state index is 12.5. The van der Waals surface area contributed by atoms with Gasteiger partial charge in [0.05, 0.1) is 19.8 Å². The molecule has 0 heterocycles. The Balaban J connectivity index is 3.02. The van der Waals surface area contributed by atoms with Gasteiger partial charge in [-0.1, -0.05) is 6.92 Å². The van der Waals surface area contributed by atoms with E-state index in [0.29, 0.717) is 36.7 Å². The van der Waals surface area contributed by atoms with Crippen molar-refractivity contribution in [3.63, 3.8) is 0 Å². The minimum atomic E-state index is -0.0631. The predicted octanol–water partition coefficient (Wildman–Crippen LogP) is 1.51. The Morgan fingerprint density at radius 2 is 2.00 bits per heavy atom. The first-order valence-electron chi connectivity index (χ1n) is 6.39. The molecule has 0 bridgehead atoms. The van der Waals surface area contributed by atoms with E-state index in [1.54, 1.807) is 37.3 Å². The maximum atomic E-state index is 12.5. The number of ether oxygens (including phenoxy) is 2. The van der Waals surface area contributed by atoms with Crippen molar-refractivity contribution in [1.29, 1.82) is 0 Å². The van der Waals surface area contributed by atoms with Gasteiger partial charge in [-0.05, 0) is 18.6 Å². The number of benzene rings is 1. The number of nitrogens with zero attached hydrogens (tertiary/aromatic N) is 1. The number of carbonyl (C=O) groups excluding carboxylic acids is 1. The molecule has 19 heavy (non-hydrogen) atoms. The average Bonchev–Trinajstić information content (AvgIpc) is 2.45. The Kier molecular flexibility index (Phi) is 6.15. The lowest BCUT2D eigenvalue weighted by Gasteiger charge is -2.22. The zero-order chi connectivity index (χ0) is 14.3. The smallest absolute Gasteiger partial charge is 0.257 e. The molecule has 0 saturated carbocycles. The third-order valence-electron chi connectivity index (χ3n) is 2.82. The van der Waals surface area contributed by atoms with Gasteiger partial charge in [-0.2, -0.15) is 0 Å². The second kappa shape index (κ2) is 7.63. The molecule has 0 radical (unpaired) electrons. The standard InChI is InChI=1S/C14H22N2O3/c1-4-8-16(9-7-15)14(17)12-6-5-11(18-2)10-13(12)19-3/h5-6,10H,4,7-9,15H2,1-3H3. The maximum Gasteiger partial charge on any atom is 0.257 e. The van der Waals surface area contributed by atoms with E-state index in [-0.39, 0.29) is 5.91 Å². The Morgan fingerprint density at radius 3 is 2.53 bits per heavy atom. The highest BCUT2D eigenvalue weighted by Gasteiger charge is 2.19. The monoisotopic (exact) mass is 266 g/mol. The molecule has 0 aliphatic rings. The van der Waals surface area contributed by atoms with Crippen LogP contribution in [0.5, 0.6) is 11.5 Å². The molecule has 5 heteroatoms. The molecule has 1 aromatic rings. The molecule has 2 N–H and O–H groups in total. The van der Waals surface area contributed by atoms with Crippen molar-refractivity contribution >= 4 is 5.91 Å². The minimum Gasteiger partial charge on any atom is -0.497 e. The number of methoxy groups -OCH3 is 2. The summed E-state index contributed by atoms with van der Waals surface area (Å²) < 4.78 is 10.4. The molecule has 5 nitrogen and oxygen atoms in total. The molecule has 0 aliphatic carbocycles. The Morgan fingerprint density at radius 1 is 1.26 bits per heavy atom. The van der Waals surface area contributed by atoms with Gasteiger partial charge in [0.1, 0.15) is 11.5 Å². The van der Waals surface area contributed by atoms with Crippen molar-refractivity contribution in [2.75, 3.05) is 33.9 Å². The summed E-state index contributed by atoms with van der Waals surface area (Å²) >= 11 is 0. The Hall–Kier alpha value is -1.75. The lowest BCUT2D eigenvalue weighted by molar-refractivity contribution is 0.0757. The molecule has 0 unspecified atom stereocenters. The second-order valence-corrected chi connectivity index (χ2v) is 4.15. The van der Waals surface area contributed by atoms with Crippen LogP contribution in [0.1, 0.15) is 23.7 Å². The van der Waals surface area contributed by atoms with Crippen molar-refractivity contribution in [3.05, 3.63) is 23.8 Å². The van der Waals surface area contributed by atoms with Crippen molar-refractivity contribution in [1.82, 2.24) is 4.90 Å². The number of carbonyl (C=O) groups is 1. The predicted molar refractivity (Wildman–Crippen MR) is 74.8 cm³/mol. The number of amides is 1. The van der Waals surface area contributed by atoms with Crippen molar-refractivity contribution in [2.24, 2.45) is 5.73 Å². The number of hydrogen-bond donors (Lipinski definition) is 1. The first kappa shape index (κ1) is 15.3. The van der Waals surface area contributed by atoms with Crippen LogP contribution in [0.15, 0.2) is 18.2 Å². The van der Waals surface area contributed by atoms with Gasteiger partial charge >= 0.3 is 0 Å². The molecule has 0 atom stereocenters. The lowest BCUT2D eigenvalue weighted by atomic mass is 10.1. The summed E-state index contributed by atoms with van der Waals surface area (Å²) in [5, 5.41) is 0. The first-order chi connectivity index (χ1) is 9.17. The highest BCUT2D eigenvalue weighted by atomic mass is 16.5. The zero-order valence-electron chi connectivity index (χ0n) is 11.8. The van der Waals surface area contributed by atoms with Gasteiger partial charge < -0.3 is 20.1 Å². The molecule has 1 amide bonds. The van der Waals surface area contributed by atoms with E-state index in [1.807, 2.05) is 6.92 Å². The van der Waals surface area contributed by atoms with Crippen LogP contribution < -0.4 is 15.2 Å². The van der Waals surface area contributed by atoms with Crippen LogP contribution in [-0.4, -0.2) is 44.7 Å². The van der Waals surface area contributed by atoms with Gasteiger partial charge in [-0.3, -0.25) is 4.79 Å². The fourth-order valence-corrected chi connectivity index (χ4v) is 1.89. The largest absolute Gasteiger partial charge is 0.497 e. The summed E-state index contributed by atoms with van der Waals surface area (Å²) in [6.45, 7) is 3.71. The molecule has 0 spiro atoms. The highest BCUT2D eigenvalue weighted by Crippen LogP contribution is 2.25. The van der Waals surface area contributed by atoms with Crippen LogP contribution in [-0.2, 0) is 0 Å². The van der Waals surface area contributed by atoms with Crippen LogP contribution >= 0.6 is 0 Å². The molecular weight excluding hydrogens is 244 g/mol. The summed E-state index contributed by atoms with van der Waals surface area (Å²) in [6.07, 6.45) is 0.893. The molecule has 1 aromatic carbocycles. The van der Waals surface area contributed by atoms with Gasteiger partial charge in [0, 0.05) is 25.7 Å². The van der Waals surface area contributed by atoms with Crippen LogP contribution in [0.4, 0.5) is 0 Å². The molecule has 106 valence electrons. The van der Waals surface area contributed by atoms with Crippen LogP contribution in [0.2, 0.25) is 0 Å². The number of hydrogen-bond acceptors (Lipinski definition) is 4. The van der Waals surface area contributed by atoms with Gasteiger partial charge in [0.2, 0.25) is 0 Å². The van der Waals surface area contributed by atoms with Crippen molar-refractivity contribution in [3.8, 4) is 11.5 Å².